The van der Waals surface area contributed by atoms with E-state index in [0.29, 0.717) is 0 Å². The molecule has 1 fully saturated rings. The molecule has 1 aromatic carbocycles. The largest absolute Gasteiger partial charge is 0.378 e. The molecule has 1 aromatic heterocycles. The Bertz CT molecular complexity index is 475. The Hall–Kier alpha value is -1.39. The topological polar surface area (TPSA) is 25.4 Å². The number of ether oxygens (including phenoxy) is 1. The van der Waals surface area contributed by atoms with Gasteiger partial charge in [0, 0.05) is 36.3 Å². The van der Waals surface area contributed by atoms with Crippen molar-refractivity contribution in [3.05, 3.63) is 46.4 Å². The fraction of sp³-hybridized carbons (Fsp3) is 0.357. The van der Waals surface area contributed by atoms with Crippen LogP contribution >= 0.6 is 11.3 Å². The number of aromatic nitrogens is 1. The number of anilines is 1. The summed E-state index contributed by atoms with van der Waals surface area (Å²) in [5, 5.41) is 0. The van der Waals surface area contributed by atoms with Gasteiger partial charge in [-0.25, -0.2) is 0 Å². The second-order valence-electron chi connectivity index (χ2n) is 4.41. The highest BCUT2D eigenvalue weighted by molar-refractivity contribution is 7.09. The molecular formula is C14H16N2OS. The van der Waals surface area contributed by atoms with Crippen molar-refractivity contribution >= 4 is 17.0 Å². The Morgan fingerprint density at radius 2 is 1.94 bits per heavy atom. The first-order valence-electron chi connectivity index (χ1n) is 6.21. The lowest BCUT2D eigenvalue weighted by Gasteiger charge is -2.28. The molecule has 0 unspecified atom stereocenters. The fourth-order valence-electron chi connectivity index (χ4n) is 2.18. The molecule has 0 bridgehead atoms. The Kier molecular flexibility index (Phi) is 3.57. The summed E-state index contributed by atoms with van der Waals surface area (Å²) in [6.45, 7) is 3.66. The average molecular weight is 260 g/mol. The second-order valence-corrected chi connectivity index (χ2v) is 5.38. The number of hydrogen-bond donors (Lipinski definition) is 0. The first-order valence-corrected chi connectivity index (χ1v) is 7.09. The van der Waals surface area contributed by atoms with Gasteiger partial charge < -0.3 is 9.64 Å². The smallest absolute Gasteiger partial charge is 0.0794 e. The summed E-state index contributed by atoms with van der Waals surface area (Å²) in [7, 11) is 0. The molecular weight excluding hydrogens is 244 g/mol. The number of nitrogens with zero attached hydrogens (tertiary/aromatic N) is 2. The molecule has 2 aromatic rings. The Morgan fingerprint density at radius 1 is 1.17 bits per heavy atom. The van der Waals surface area contributed by atoms with E-state index in [1.165, 1.54) is 16.1 Å². The standard InChI is InChI=1S/C14H16N2OS/c1-3-13(16-5-7-17-8-6-16)4-2-12(1)9-14-10-15-11-18-14/h1-4,10-11H,5-9H2. The van der Waals surface area contributed by atoms with E-state index >= 15 is 0 Å². The van der Waals surface area contributed by atoms with E-state index in [4.69, 9.17) is 4.74 Å². The molecule has 18 heavy (non-hydrogen) atoms. The molecule has 0 N–H and O–H groups in total. The molecule has 0 aliphatic carbocycles. The molecule has 2 heterocycles. The lowest BCUT2D eigenvalue weighted by atomic mass is 10.1. The molecule has 4 heteroatoms. The molecule has 0 saturated carbocycles. The van der Waals surface area contributed by atoms with Crippen molar-refractivity contribution in [2.24, 2.45) is 0 Å². The third-order valence-electron chi connectivity index (χ3n) is 3.17. The number of thiazole rings is 1. The quantitative estimate of drug-likeness (QED) is 0.848. The number of rotatable bonds is 3. The Morgan fingerprint density at radius 3 is 2.61 bits per heavy atom. The van der Waals surface area contributed by atoms with Crippen LogP contribution in [0.3, 0.4) is 0 Å². The zero-order valence-corrected chi connectivity index (χ0v) is 11.0. The molecule has 1 aliphatic heterocycles. The van der Waals surface area contributed by atoms with Crippen LogP contribution in [0.1, 0.15) is 10.4 Å². The normalized spacial score (nSPS) is 15.9. The van der Waals surface area contributed by atoms with E-state index in [2.05, 4.69) is 34.1 Å². The predicted molar refractivity (Wildman–Crippen MR) is 74.4 cm³/mol. The van der Waals surface area contributed by atoms with Crippen LogP contribution in [0.2, 0.25) is 0 Å². The lowest BCUT2D eigenvalue weighted by Crippen LogP contribution is -2.36. The minimum absolute atomic E-state index is 0.836. The summed E-state index contributed by atoms with van der Waals surface area (Å²) in [6, 6.07) is 8.85. The number of hydrogen-bond acceptors (Lipinski definition) is 4. The molecule has 94 valence electrons. The van der Waals surface area contributed by atoms with Gasteiger partial charge in [-0.15, -0.1) is 11.3 Å². The van der Waals surface area contributed by atoms with E-state index in [0.717, 1.165) is 32.7 Å². The van der Waals surface area contributed by atoms with E-state index in [-0.39, 0.29) is 0 Å². The predicted octanol–water partition coefficient (Wildman–Crippen LogP) is 2.57. The highest BCUT2D eigenvalue weighted by Gasteiger charge is 2.10. The van der Waals surface area contributed by atoms with Crippen LogP contribution in [0.5, 0.6) is 0 Å². The van der Waals surface area contributed by atoms with Crippen LogP contribution < -0.4 is 4.90 Å². The van der Waals surface area contributed by atoms with E-state index in [1.807, 2.05) is 11.7 Å². The van der Waals surface area contributed by atoms with Crippen LogP contribution in [-0.4, -0.2) is 31.3 Å². The van der Waals surface area contributed by atoms with Gasteiger partial charge in [-0.2, -0.15) is 0 Å². The third-order valence-corrected chi connectivity index (χ3v) is 3.95. The zero-order valence-electron chi connectivity index (χ0n) is 10.2. The summed E-state index contributed by atoms with van der Waals surface area (Å²) in [6.07, 6.45) is 2.93. The van der Waals surface area contributed by atoms with Gasteiger partial charge in [-0.3, -0.25) is 4.98 Å². The van der Waals surface area contributed by atoms with Crippen LogP contribution in [0.4, 0.5) is 5.69 Å². The molecule has 0 amide bonds. The van der Waals surface area contributed by atoms with Gasteiger partial charge in [0.15, 0.2) is 0 Å². The third kappa shape index (κ3) is 2.71. The van der Waals surface area contributed by atoms with Gasteiger partial charge in [0.05, 0.1) is 18.7 Å². The average Bonchev–Trinajstić information content (AvgIpc) is 2.94. The number of benzene rings is 1. The van der Waals surface area contributed by atoms with Crippen molar-refractivity contribution in [2.45, 2.75) is 6.42 Å². The van der Waals surface area contributed by atoms with Gasteiger partial charge in [0.2, 0.25) is 0 Å². The maximum atomic E-state index is 5.37. The molecule has 0 spiro atoms. The van der Waals surface area contributed by atoms with Crippen molar-refractivity contribution in [3.63, 3.8) is 0 Å². The van der Waals surface area contributed by atoms with Gasteiger partial charge >= 0.3 is 0 Å². The van der Waals surface area contributed by atoms with Crippen LogP contribution in [0, 0.1) is 0 Å². The molecule has 1 aliphatic rings. The summed E-state index contributed by atoms with van der Waals surface area (Å²) in [5.41, 5.74) is 4.53. The molecule has 0 atom stereocenters. The minimum atomic E-state index is 0.836. The molecule has 1 saturated heterocycles. The zero-order chi connectivity index (χ0) is 12.2. The van der Waals surface area contributed by atoms with Gasteiger partial charge in [-0.1, -0.05) is 12.1 Å². The monoisotopic (exact) mass is 260 g/mol. The van der Waals surface area contributed by atoms with Crippen LogP contribution in [-0.2, 0) is 11.2 Å². The van der Waals surface area contributed by atoms with Crippen molar-refractivity contribution < 1.29 is 4.74 Å². The highest BCUT2D eigenvalue weighted by Crippen LogP contribution is 2.19. The summed E-state index contributed by atoms with van der Waals surface area (Å²) < 4.78 is 5.37. The van der Waals surface area contributed by atoms with E-state index < -0.39 is 0 Å². The summed E-state index contributed by atoms with van der Waals surface area (Å²) in [5.74, 6) is 0. The van der Waals surface area contributed by atoms with Crippen molar-refractivity contribution in [1.82, 2.24) is 4.98 Å². The first-order chi connectivity index (χ1) is 8.92. The van der Waals surface area contributed by atoms with Crippen molar-refractivity contribution in [3.8, 4) is 0 Å². The Balaban J connectivity index is 1.68. The van der Waals surface area contributed by atoms with Crippen molar-refractivity contribution in [2.75, 3.05) is 31.2 Å². The second kappa shape index (κ2) is 5.50. The van der Waals surface area contributed by atoms with Crippen LogP contribution in [0.15, 0.2) is 36.0 Å². The highest BCUT2D eigenvalue weighted by atomic mass is 32.1. The first kappa shape index (κ1) is 11.7. The fourth-order valence-corrected chi connectivity index (χ4v) is 2.81. The van der Waals surface area contributed by atoms with Gasteiger partial charge in [-0.05, 0) is 17.7 Å². The lowest BCUT2D eigenvalue weighted by molar-refractivity contribution is 0.122. The molecule has 3 nitrogen and oxygen atoms in total. The van der Waals surface area contributed by atoms with Gasteiger partial charge in [0.1, 0.15) is 0 Å². The maximum Gasteiger partial charge on any atom is 0.0794 e. The minimum Gasteiger partial charge on any atom is -0.378 e. The van der Waals surface area contributed by atoms with E-state index in [1.54, 1.807) is 11.3 Å². The summed E-state index contributed by atoms with van der Waals surface area (Å²) >= 11 is 1.71. The molecule has 0 radical (unpaired) electrons. The van der Waals surface area contributed by atoms with Gasteiger partial charge in [0.25, 0.3) is 0 Å². The Labute approximate surface area is 111 Å². The SMILES string of the molecule is c1ncc(Cc2ccc(N3CCOCC3)cc2)s1. The van der Waals surface area contributed by atoms with Crippen LogP contribution in [0.25, 0.3) is 0 Å². The molecule has 3 rings (SSSR count). The maximum absolute atomic E-state index is 5.37. The van der Waals surface area contributed by atoms with Crippen molar-refractivity contribution in [1.29, 1.82) is 0 Å². The number of morpholine rings is 1. The summed E-state index contributed by atoms with van der Waals surface area (Å²) in [4.78, 5) is 7.79. The van der Waals surface area contributed by atoms with E-state index in [9.17, 15) is 0 Å².